The highest BCUT2D eigenvalue weighted by Crippen LogP contribution is 2.59. The fourth-order valence-corrected chi connectivity index (χ4v) is 4.19. The summed E-state index contributed by atoms with van der Waals surface area (Å²) in [6.07, 6.45) is -5.05. The van der Waals surface area contributed by atoms with Crippen LogP contribution in [0.1, 0.15) is 47.8 Å². The summed E-state index contributed by atoms with van der Waals surface area (Å²) in [4.78, 5) is 15.2. The van der Waals surface area contributed by atoms with E-state index < -0.39 is 53.0 Å². The molecule has 0 spiro atoms. The Morgan fingerprint density at radius 2 is 1.91 bits per heavy atom. The predicted molar refractivity (Wildman–Crippen MR) is 109 cm³/mol. The number of rotatable bonds is 5. The number of hydrogen-bond donors (Lipinski definition) is 1. The minimum atomic E-state index is -4.82. The van der Waals surface area contributed by atoms with Gasteiger partial charge in [0.2, 0.25) is 17.6 Å². The molecule has 8 nitrogen and oxygen atoms in total. The fraction of sp³-hybridized carbons (Fsp3) is 0.364. The maximum Gasteiger partial charge on any atom is 0.417 e. The number of nitrogens with zero attached hydrogens (tertiary/aromatic N) is 3. The minimum absolute atomic E-state index is 0.0587. The third kappa shape index (κ3) is 3.99. The van der Waals surface area contributed by atoms with E-state index in [1.165, 1.54) is 25.3 Å². The van der Waals surface area contributed by atoms with Gasteiger partial charge in [0.25, 0.3) is 5.91 Å². The quantitative estimate of drug-likeness (QED) is 0.521. The number of amides is 1. The molecule has 3 heterocycles. The third-order valence-corrected chi connectivity index (χ3v) is 6.26. The molecule has 2 N–H and O–H groups in total. The van der Waals surface area contributed by atoms with Crippen LogP contribution in [0, 0.1) is 17.6 Å². The Kier molecular flexibility index (Phi) is 5.99. The average Bonchev–Trinajstić information content (AvgIpc) is 3.39. The molecule has 1 saturated heterocycles. The molecular formula is C22H19F5N4O4. The number of halogens is 5. The summed E-state index contributed by atoms with van der Waals surface area (Å²) in [7, 11) is 1.07. The molecule has 0 unspecified atom stereocenters. The van der Waals surface area contributed by atoms with Gasteiger partial charge in [0.1, 0.15) is 11.8 Å². The lowest BCUT2D eigenvalue weighted by Crippen LogP contribution is -2.46. The monoisotopic (exact) mass is 498 g/mol. The molecule has 0 saturated carbocycles. The average molecular weight is 498 g/mol. The van der Waals surface area contributed by atoms with Gasteiger partial charge < -0.3 is 19.6 Å². The number of pyridine rings is 1. The van der Waals surface area contributed by atoms with Crippen LogP contribution in [0.15, 0.2) is 34.9 Å². The molecule has 35 heavy (non-hydrogen) atoms. The van der Waals surface area contributed by atoms with E-state index in [1.54, 1.807) is 0 Å². The third-order valence-electron chi connectivity index (χ3n) is 6.26. The Balaban J connectivity index is 1.83. The van der Waals surface area contributed by atoms with Gasteiger partial charge >= 0.3 is 6.18 Å². The van der Waals surface area contributed by atoms with Crippen LogP contribution >= 0.6 is 0 Å². The van der Waals surface area contributed by atoms with E-state index in [0.717, 1.165) is 26.2 Å². The van der Waals surface area contributed by atoms with Crippen molar-refractivity contribution in [3.05, 3.63) is 59.2 Å². The smallest absolute Gasteiger partial charge is 0.417 e. The molecule has 0 radical (unpaired) electrons. The van der Waals surface area contributed by atoms with Crippen LogP contribution in [0.5, 0.6) is 5.75 Å². The zero-order valence-electron chi connectivity index (χ0n) is 18.6. The molecular weight excluding hydrogens is 479 g/mol. The number of carbonyl (C=O) groups is 1. The predicted octanol–water partition coefficient (Wildman–Crippen LogP) is 4.33. The number of carbonyl (C=O) groups excluding carboxylic acids is 1. The summed E-state index contributed by atoms with van der Waals surface area (Å²) in [5.41, 5.74) is 2.61. The van der Waals surface area contributed by atoms with E-state index >= 15 is 0 Å². The molecule has 1 amide bonds. The molecule has 0 aliphatic carbocycles. The number of primary amides is 1. The maximum atomic E-state index is 14.5. The van der Waals surface area contributed by atoms with Crippen molar-refractivity contribution in [3.63, 3.8) is 0 Å². The largest absolute Gasteiger partial charge is 0.493 e. The van der Waals surface area contributed by atoms with E-state index in [1.807, 2.05) is 0 Å². The Hall–Kier alpha value is -3.61. The van der Waals surface area contributed by atoms with Crippen molar-refractivity contribution in [2.45, 2.75) is 37.6 Å². The molecule has 1 aliphatic heterocycles. The van der Waals surface area contributed by atoms with E-state index in [9.17, 15) is 26.7 Å². The number of ether oxygens (including phenoxy) is 2. The summed E-state index contributed by atoms with van der Waals surface area (Å²) in [5.74, 6) is -6.93. The van der Waals surface area contributed by atoms with Crippen LogP contribution in [-0.2, 0) is 4.74 Å². The SMILES string of the molecule is COc1c([C@@H]2[C@@H](c3nnc(-c4ccnc(C(N)=O)c4)o3)O[C@](C)(C(F)(F)F)[C@@H]2C)ccc(F)c1F. The first kappa shape index (κ1) is 24.5. The second-order valence-corrected chi connectivity index (χ2v) is 8.18. The summed E-state index contributed by atoms with van der Waals surface area (Å²) >= 11 is 0. The first-order valence-electron chi connectivity index (χ1n) is 10.2. The van der Waals surface area contributed by atoms with Crippen molar-refractivity contribution in [1.82, 2.24) is 15.2 Å². The topological polar surface area (TPSA) is 113 Å². The number of aromatic nitrogens is 3. The number of methoxy groups -OCH3 is 1. The zero-order chi connectivity index (χ0) is 25.7. The molecule has 2 aromatic heterocycles. The van der Waals surface area contributed by atoms with Crippen molar-refractivity contribution in [3.8, 4) is 17.2 Å². The number of alkyl halides is 3. The number of nitrogens with two attached hydrogens (primary N) is 1. The van der Waals surface area contributed by atoms with E-state index in [2.05, 4.69) is 15.2 Å². The molecule has 0 bridgehead atoms. The van der Waals surface area contributed by atoms with Gasteiger partial charge in [-0.25, -0.2) is 4.39 Å². The van der Waals surface area contributed by atoms with Gasteiger partial charge in [-0.15, -0.1) is 10.2 Å². The first-order chi connectivity index (χ1) is 16.4. The molecule has 13 heteroatoms. The van der Waals surface area contributed by atoms with Gasteiger partial charge in [-0.3, -0.25) is 9.78 Å². The zero-order valence-corrected chi connectivity index (χ0v) is 18.6. The van der Waals surface area contributed by atoms with Gasteiger partial charge in [-0.2, -0.15) is 17.6 Å². The van der Waals surface area contributed by atoms with Crippen molar-refractivity contribution < 1.29 is 40.6 Å². The van der Waals surface area contributed by atoms with Gasteiger partial charge in [0, 0.05) is 29.2 Å². The normalized spacial score (nSPS) is 24.5. The molecule has 4 rings (SSSR count). The Morgan fingerprint density at radius 1 is 1.20 bits per heavy atom. The first-order valence-corrected chi connectivity index (χ1v) is 10.2. The van der Waals surface area contributed by atoms with Crippen molar-refractivity contribution in [2.24, 2.45) is 11.7 Å². The molecule has 186 valence electrons. The molecule has 4 atom stereocenters. The van der Waals surface area contributed by atoms with Crippen molar-refractivity contribution in [2.75, 3.05) is 7.11 Å². The minimum Gasteiger partial charge on any atom is -0.493 e. The van der Waals surface area contributed by atoms with Crippen LogP contribution in [0.25, 0.3) is 11.5 Å². The van der Waals surface area contributed by atoms with Crippen molar-refractivity contribution >= 4 is 5.91 Å². The summed E-state index contributed by atoms with van der Waals surface area (Å²) in [6, 6.07) is 4.63. The maximum absolute atomic E-state index is 14.5. The Bertz CT molecular complexity index is 1280. The van der Waals surface area contributed by atoms with Crippen LogP contribution < -0.4 is 10.5 Å². The lowest BCUT2D eigenvalue weighted by Gasteiger charge is -2.32. The second-order valence-electron chi connectivity index (χ2n) is 8.18. The second kappa shape index (κ2) is 8.56. The fourth-order valence-electron chi connectivity index (χ4n) is 4.19. The Morgan fingerprint density at radius 3 is 2.54 bits per heavy atom. The lowest BCUT2D eigenvalue weighted by atomic mass is 9.77. The highest BCUT2D eigenvalue weighted by atomic mass is 19.4. The van der Waals surface area contributed by atoms with Crippen LogP contribution in [-0.4, -0.2) is 40.0 Å². The number of benzene rings is 1. The van der Waals surface area contributed by atoms with Crippen LogP contribution in [0.2, 0.25) is 0 Å². The van der Waals surface area contributed by atoms with E-state index in [4.69, 9.17) is 19.6 Å². The lowest BCUT2D eigenvalue weighted by molar-refractivity contribution is -0.276. The van der Waals surface area contributed by atoms with E-state index in [0.29, 0.717) is 0 Å². The molecule has 1 aliphatic rings. The van der Waals surface area contributed by atoms with Gasteiger partial charge in [-0.05, 0) is 25.1 Å². The summed E-state index contributed by atoms with van der Waals surface area (Å²) in [5, 5.41) is 7.69. The standard InChI is InChI=1S/C22H19F5N4O4/c1-9-14(11-4-5-12(23)15(24)16(11)33-3)17(35-21(9,2)22(25,26)27)20-31-30-19(34-20)10-6-7-29-13(8-10)18(28)32/h4-9,14,17H,1-3H3,(H2,28,32)/t9-,14-,17+,21+/m1/s1. The Labute approximate surface area is 195 Å². The van der Waals surface area contributed by atoms with Crippen molar-refractivity contribution in [1.29, 1.82) is 0 Å². The van der Waals surface area contributed by atoms with Gasteiger partial charge in [0.05, 0.1) is 7.11 Å². The van der Waals surface area contributed by atoms with Crippen LogP contribution in [0.3, 0.4) is 0 Å². The van der Waals surface area contributed by atoms with Gasteiger partial charge in [0.15, 0.2) is 17.2 Å². The number of hydrogen-bond acceptors (Lipinski definition) is 7. The van der Waals surface area contributed by atoms with Crippen LogP contribution in [0.4, 0.5) is 22.0 Å². The highest BCUT2D eigenvalue weighted by molar-refractivity contribution is 5.91. The van der Waals surface area contributed by atoms with Gasteiger partial charge in [-0.1, -0.05) is 13.0 Å². The summed E-state index contributed by atoms with van der Waals surface area (Å²) in [6.45, 7) is 2.13. The summed E-state index contributed by atoms with van der Waals surface area (Å²) < 4.78 is 86.6. The van der Waals surface area contributed by atoms with E-state index in [-0.39, 0.29) is 28.6 Å². The molecule has 1 aromatic carbocycles. The molecule has 1 fully saturated rings. The molecule has 3 aromatic rings. The highest BCUT2D eigenvalue weighted by Gasteiger charge is 2.65.